The maximum absolute atomic E-state index is 4.32. The van der Waals surface area contributed by atoms with Gasteiger partial charge in [-0.2, -0.15) is 0 Å². The van der Waals surface area contributed by atoms with E-state index in [1.165, 1.54) is 16.8 Å². The van der Waals surface area contributed by atoms with Crippen LogP contribution in [0.1, 0.15) is 11.1 Å². The molecule has 0 aliphatic rings. The van der Waals surface area contributed by atoms with Crippen molar-refractivity contribution in [1.29, 1.82) is 0 Å². The van der Waals surface area contributed by atoms with Crippen molar-refractivity contribution in [2.75, 3.05) is 4.23 Å². The van der Waals surface area contributed by atoms with Gasteiger partial charge in [-0.25, -0.2) is 0 Å². The van der Waals surface area contributed by atoms with Gasteiger partial charge in [-0.05, 0) is 28.8 Å². The van der Waals surface area contributed by atoms with Crippen molar-refractivity contribution < 1.29 is 0 Å². The van der Waals surface area contributed by atoms with Gasteiger partial charge in [0.15, 0.2) is 0 Å². The lowest BCUT2D eigenvalue weighted by atomic mass is 9.99. The van der Waals surface area contributed by atoms with E-state index in [1.807, 2.05) is 6.07 Å². The first-order chi connectivity index (χ1) is 10.6. The van der Waals surface area contributed by atoms with Crippen LogP contribution >= 0.6 is 0 Å². The largest absolute Gasteiger partial charge is 0.425 e. The van der Waals surface area contributed by atoms with Gasteiger partial charge < -0.3 is 4.23 Å². The van der Waals surface area contributed by atoms with Crippen molar-refractivity contribution in [1.82, 2.24) is 0 Å². The number of anilines is 1. The van der Waals surface area contributed by atoms with Gasteiger partial charge in [0.1, 0.15) is 16.5 Å². The van der Waals surface area contributed by atoms with Crippen LogP contribution in [0.25, 0.3) is 5.57 Å². The molecular formula is C20H29NSi2. The quantitative estimate of drug-likeness (QED) is 0.584. The lowest BCUT2D eigenvalue weighted by molar-refractivity contribution is 1.35. The number of rotatable bonds is 5. The van der Waals surface area contributed by atoms with Crippen molar-refractivity contribution in [2.24, 2.45) is 0 Å². The van der Waals surface area contributed by atoms with Crippen molar-refractivity contribution in [2.45, 2.75) is 39.3 Å². The van der Waals surface area contributed by atoms with Crippen LogP contribution in [0.5, 0.6) is 0 Å². The molecule has 0 aromatic heterocycles. The average Bonchev–Trinajstić information content (AvgIpc) is 2.44. The Morgan fingerprint density at radius 2 is 1.26 bits per heavy atom. The van der Waals surface area contributed by atoms with Crippen molar-refractivity contribution >= 4 is 27.7 Å². The molecule has 0 saturated carbocycles. The molecule has 0 saturated heterocycles. The molecular weight excluding hydrogens is 310 g/mol. The van der Waals surface area contributed by atoms with Crippen LogP contribution in [0, 0.1) is 0 Å². The minimum atomic E-state index is -1.43. The zero-order valence-electron chi connectivity index (χ0n) is 15.4. The molecule has 23 heavy (non-hydrogen) atoms. The minimum Gasteiger partial charge on any atom is -0.425 e. The van der Waals surface area contributed by atoms with E-state index in [4.69, 9.17) is 0 Å². The van der Waals surface area contributed by atoms with Gasteiger partial charge in [-0.3, -0.25) is 0 Å². The molecule has 0 unspecified atom stereocenters. The van der Waals surface area contributed by atoms with Gasteiger partial charge >= 0.3 is 0 Å². The molecule has 2 aromatic carbocycles. The van der Waals surface area contributed by atoms with E-state index in [0.717, 1.165) is 5.57 Å². The Morgan fingerprint density at radius 1 is 0.739 bits per heavy atom. The molecule has 0 fully saturated rings. The summed E-state index contributed by atoms with van der Waals surface area (Å²) in [5.74, 6) is 0. The Morgan fingerprint density at radius 3 is 1.78 bits per heavy atom. The normalized spacial score (nSPS) is 12.1. The molecule has 0 radical (unpaired) electrons. The second-order valence-electron chi connectivity index (χ2n) is 8.07. The minimum absolute atomic E-state index is 1.10. The molecule has 3 heteroatoms. The summed E-state index contributed by atoms with van der Waals surface area (Å²) in [6.07, 6.45) is 0. The molecule has 0 spiro atoms. The van der Waals surface area contributed by atoms with Crippen LogP contribution < -0.4 is 4.23 Å². The molecule has 0 amide bonds. The molecule has 122 valence electrons. The van der Waals surface area contributed by atoms with Crippen LogP contribution in [0.2, 0.25) is 39.3 Å². The smallest absolute Gasteiger partial charge is 0.138 e. The molecule has 0 aliphatic heterocycles. The summed E-state index contributed by atoms with van der Waals surface area (Å²) in [7, 11) is -2.87. The first-order valence-electron chi connectivity index (χ1n) is 8.26. The fourth-order valence-corrected chi connectivity index (χ4v) is 13.3. The Balaban J connectivity index is 2.45. The number of nitrogens with zero attached hydrogens (tertiary/aromatic N) is 1. The Kier molecular flexibility index (Phi) is 5.02. The SMILES string of the molecule is C=C(c1ccccc1)c1cccc(N([Si](C)(C)C)[Si](C)(C)C)c1. The summed E-state index contributed by atoms with van der Waals surface area (Å²) in [5, 5.41) is 0. The third kappa shape index (κ3) is 4.24. The molecule has 0 heterocycles. The van der Waals surface area contributed by atoms with Gasteiger partial charge in [0.05, 0.1) is 0 Å². The molecule has 0 aliphatic carbocycles. The number of hydrogen-bond donors (Lipinski definition) is 0. The molecule has 2 aromatic rings. The highest BCUT2D eigenvalue weighted by Crippen LogP contribution is 2.31. The summed E-state index contributed by atoms with van der Waals surface area (Å²) < 4.78 is 2.75. The Hall–Kier alpha value is -1.59. The predicted octanol–water partition coefficient (Wildman–Crippen LogP) is 6.22. The maximum Gasteiger partial charge on any atom is 0.138 e. The van der Waals surface area contributed by atoms with E-state index in [0.29, 0.717) is 0 Å². The van der Waals surface area contributed by atoms with Crippen LogP contribution in [-0.2, 0) is 0 Å². The highest BCUT2D eigenvalue weighted by atomic mass is 28.4. The second-order valence-corrected chi connectivity index (χ2v) is 18.1. The fraction of sp³-hybridized carbons (Fsp3) is 0.300. The van der Waals surface area contributed by atoms with Crippen LogP contribution in [0.15, 0.2) is 61.2 Å². The number of hydrogen-bond acceptors (Lipinski definition) is 1. The highest BCUT2D eigenvalue weighted by Gasteiger charge is 2.34. The molecule has 2 rings (SSSR count). The summed E-state index contributed by atoms with van der Waals surface area (Å²) in [4.78, 5) is 0. The first-order valence-corrected chi connectivity index (χ1v) is 15.2. The monoisotopic (exact) mass is 339 g/mol. The number of benzene rings is 2. The van der Waals surface area contributed by atoms with Crippen LogP contribution in [0.3, 0.4) is 0 Å². The molecule has 1 nitrogen and oxygen atoms in total. The molecule has 0 bridgehead atoms. The Labute approximate surface area is 143 Å². The maximum atomic E-state index is 4.32. The van der Waals surface area contributed by atoms with Crippen molar-refractivity contribution in [3.8, 4) is 0 Å². The van der Waals surface area contributed by atoms with E-state index < -0.39 is 16.5 Å². The average molecular weight is 340 g/mol. The van der Waals surface area contributed by atoms with Gasteiger partial charge in [-0.15, -0.1) is 0 Å². The lowest BCUT2D eigenvalue weighted by Gasteiger charge is -2.46. The second kappa shape index (κ2) is 6.50. The van der Waals surface area contributed by atoms with Gasteiger partial charge in [0.2, 0.25) is 0 Å². The van der Waals surface area contributed by atoms with E-state index in [-0.39, 0.29) is 0 Å². The van der Waals surface area contributed by atoms with E-state index in [2.05, 4.69) is 98.6 Å². The summed E-state index contributed by atoms with van der Waals surface area (Å²) >= 11 is 0. The summed E-state index contributed by atoms with van der Waals surface area (Å²) in [5.41, 5.74) is 4.86. The topological polar surface area (TPSA) is 3.24 Å². The van der Waals surface area contributed by atoms with Crippen LogP contribution in [-0.4, -0.2) is 16.5 Å². The molecule has 0 atom stereocenters. The summed E-state index contributed by atoms with van der Waals surface area (Å²) in [6.45, 7) is 18.9. The van der Waals surface area contributed by atoms with Gasteiger partial charge in [0, 0.05) is 5.69 Å². The predicted molar refractivity (Wildman–Crippen MR) is 110 cm³/mol. The zero-order chi connectivity index (χ0) is 17.3. The fourth-order valence-electron chi connectivity index (χ4n) is 3.42. The zero-order valence-corrected chi connectivity index (χ0v) is 17.4. The summed E-state index contributed by atoms with van der Waals surface area (Å²) in [6, 6.07) is 19.4. The van der Waals surface area contributed by atoms with Crippen LogP contribution in [0.4, 0.5) is 5.69 Å². The van der Waals surface area contributed by atoms with E-state index in [1.54, 1.807) is 0 Å². The van der Waals surface area contributed by atoms with Crippen molar-refractivity contribution in [3.63, 3.8) is 0 Å². The lowest BCUT2D eigenvalue weighted by Crippen LogP contribution is -2.59. The van der Waals surface area contributed by atoms with Gasteiger partial charge in [-0.1, -0.05) is 88.3 Å². The third-order valence-electron chi connectivity index (χ3n) is 3.92. The van der Waals surface area contributed by atoms with E-state index >= 15 is 0 Å². The van der Waals surface area contributed by atoms with Gasteiger partial charge in [0.25, 0.3) is 0 Å². The van der Waals surface area contributed by atoms with Crippen molar-refractivity contribution in [3.05, 3.63) is 72.3 Å². The highest BCUT2D eigenvalue weighted by molar-refractivity contribution is 6.99. The third-order valence-corrected chi connectivity index (χ3v) is 11.1. The Bertz CT molecular complexity index is 665. The van der Waals surface area contributed by atoms with E-state index in [9.17, 15) is 0 Å². The molecule has 0 N–H and O–H groups in total. The first kappa shape index (κ1) is 17.8. The standard InChI is InChI=1S/C20H29NSi2/c1-17(18-12-9-8-10-13-18)19-14-11-15-20(16-19)21(22(2,3)4)23(5,6)7/h8-16H,1H2,2-7H3.